The van der Waals surface area contributed by atoms with Crippen molar-refractivity contribution in [2.24, 2.45) is 0 Å². The fourth-order valence-electron chi connectivity index (χ4n) is 4.26. The number of benzene rings is 1. The Morgan fingerprint density at radius 1 is 1.19 bits per heavy atom. The van der Waals surface area contributed by atoms with Crippen LogP contribution < -0.4 is 4.90 Å². The van der Waals surface area contributed by atoms with E-state index >= 15 is 0 Å². The summed E-state index contributed by atoms with van der Waals surface area (Å²) in [5.41, 5.74) is 7.53. The van der Waals surface area contributed by atoms with E-state index in [0.29, 0.717) is 11.6 Å². The van der Waals surface area contributed by atoms with E-state index in [9.17, 15) is 5.26 Å². The summed E-state index contributed by atoms with van der Waals surface area (Å²) in [4.78, 5) is 11.6. The van der Waals surface area contributed by atoms with Crippen LogP contribution in [-0.2, 0) is 13.0 Å². The Labute approximate surface area is 152 Å². The number of imidazole rings is 1. The van der Waals surface area contributed by atoms with E-state index in [2.05, 4.69) is 51.5 Å². The zero-order valence-electron chi connectivity index (χ0n) is 15.2. The number of nitriles is 1. The Bertz CT molecular complexity index is 1070. The Kier molecular flexibility index (Phi) is 3.30. The average molecular weight is 343 g/mol. The highest BCUT2D eigenvalue weighted by atomic mass is 15.2. The number of pyridine rings is 1. The molecule has 0 amide bonds. The molecule has 2 aliphatic rings. The van der Waals surface area contributed by atoms with E-state index in [4.69, 9.17) is 0 Å². The minimum Gasteiger partial charge on any atom is -0.364 e. The Morgan fingerprint density at radius 2 is 2.04 bits per heavy atom. The van der Waals surface area contributed by atoms with Gasteiger partial charge in [0.05, 0.1) is 35.3 Å². The first kappa shape index (κ1) is 15.4. The smallest absolute Gasteiger partial charge is 0.103 e. The van der Waals surface area contributed by atoms with Crippen LogP contribution in [0.5, 0.6) is 0 Å². The minimum atomic E-state index is 0.646. The molecule has 1 aliphatic heterocycles. The SMILES string of the molecule is Cc1cc(C)c2ncc(C#N)c(N3CCc4c(ncn4C4CC4)C3)c2c1. The first-order valence-corrected chi connectivity index (χ1v) is 9.25. The lowest BCUT2D eigenvalue weighted by atomic mass is 10.0. The predicted octanol–water partition coefficient (Wildman–Crippen LogP) is 3.82. The quantitative estimate of drug-likeness (QED) is 0.710. The lowest BCUT2D eigenvalue weighted by Crippen LogP contribution is -2.32. The largest absolute Gasteiger partial charge is 0.364 e. The van der Waals surface area contributed by atoms with Gasteiger partial charge in [-0.25, -0.2) is 4.98 Å². The molecule has 2 aromatic heterocycles. The van der Waals surface area contributed by atoms with Crippen molar-refractivity contribution in [3.63, 3.8) is 0 Å². The van der Waals surface area contributed by atoms with Crippen molar-refractivity contribution < 1.29 is 0 Å². The number of nitrogens with zero attached hydrogens (tertiary/aromatic N) is 5. The Balaban J connectivity index is 1.63. The van der Waals surface area contributed by atoms with Crippen molar-refractivity contribution in [1.29, 1.82) is 5.26 Å². The molecule has 0 atom stereocenters. The van der Waals surface area contributed by atoms with Gasteiger partial charge in [-0.3, -0.25) is 4.98 Å². The molecule has 0 saturated heterocycles. The second-order valence-electron chi connectivity index (χ2n) is 7.56. The third kappa shape index (κ3) is 2.29. The molecule has 5 nitrogen and oxygen atoms in total. The predicted molar refractivity (Wildman–Crippen MR) is 101 cm³/mol. The molecule has 0 radical (unpaired) electrons. The summed E-state index contributed by atoms with van der Waals surface area (Å²) in [5.74, 6) is 0. The van der Waals surface area contributed by atoms with Crippen LogP contribution in [0.15, 0.2) is 24.7 Å². The summed E-state index contributed by atoms with van der Waals surface area (Å²) in [6, 6.07) is 7.32. The van der Waals surface area contributed by atoms with Crippen LogP contribution in [0.4, 0.5) is 5.69 Å². The number of fused-ring (bicyclic) bond motifs is 2. The lowest BCUT2D eigenvalue weighted by Gasteiger charge is -2.31. The van der Waals surface area contributed by atoms with Crippen LogP contribution in [0.25, 0.3) is 10.9 Å². The molecule has 1 saturated carbocycles. The van der Waals surface area contributed by atoms with Crippen LogP contribution in [0.1, 0.15) is 47.0 Å². The van der Waals surface area contributed by atoms with Crippen molar-refractivity contribution in [2.75, 3.05) is 11.4 Å². The molecule has 0 unspecified atom stereocenters. The fraction of sp³-hybridized carbons (Fsp3) is 0.381. The van der Waals surface area contributed by atoms with Gasteiger partial charge < -0.3 is 9.47 Å². The molecule has 1 aliphatic carbocycles. The van der Waals surface area contributed by atoms with Gasteiger partial charge in [-0.05, 0) is 38.3 Å². The van der Waals surface area contributed by atoms with E-state index in [0.717, 1.165) is 47.4 Å². The average Bonchev–Trinajstić information content (AvgIpc) is 3.39. The van der Waals surface area contributed by atoms with Gasteiger partial charge in [-0.1, -0.05) is 11.6 Å². The molecule has 5 heteroatoms. The Morgan fingerprint density at radius 3 is 2.81 bits per heavy atom. The normalized spacial score (nSPS) is 16.6. The van der Waals surface area contributed by atoms with Crippen LogP contribution in [-0.4, -0.2) is 21.1 Å². The maximum atomic E-state index is 9.69. The second kappa shape index (κ2) is 5.57. The second-order valence-corrected chi connectivity index (χ2v) is 7.56. The molecule has 3 heterocycles. The molecular weight excluding hydrogens is 322 g/mol. The highest BCUT2D eigenvalue weighted by Crippen LogP contribution is 2.39. The van der Waals surface area contributed by atoms with Gasteiger partial charge in [0, 0.05) is 36.3 Å². The van der Waals surface area contributed by atoms with Gasteiger partial charge in [0.15, 0.2) is 0 Å². The van der Waals surface area contributed by atoms with E-state index in [1.54, 1.807) is 6.20 Å². The van der Waals surface area contributed by atoms with E-state index < -0.39 is 0 Å². The highest BCUT2D eigenvalue weighted by Gasteiger charge is 2.30. The summed E-state index contributed by atoms with van der Waals surface area (Å²) >= 11 is 0. The third-order valence-electron chi connectivity index (χ3n) is 5.60. The molecule has 26 heavy (non-hydrogen) atoms. The van der Waals surface area contributed by atoms with Gasteiger partial charge in [0.25, 0.3) is 0 Å². The van der Waals surface area contributed by atoms with Crippen molar-refractivity contribution in [2.45, 2.75) is 45.7 Å². The van der Waals surface area contributed by atoms with Gasteiger partial charge in [-0.2, -0.15) is 5.26 Å². The summed E-state index contributed by atoms with van der Waals surface area (Å²) in [7, 11) is 0. The van der Waals surface area contributed by atoms with Crippen molar-refractivity contribution >= 4 is 16.6 Å². The summed E-state index contributed by atoms with van der Waals surface area (Å²) in [6.07, 6.45) is 7.26. The first-order valence-electron chi connectivity index (χ1n) is 9.25. The number of hydrogen-bond donors (Lipinski definition) is 0. The summed E-state index contributed by atoms with van der Waals surface area (Å²) in [5, 5.41) is 10.8. The molecular formula is C21H21N5. The number of anilines is 1. The molecule has 3 aromatic rings. The molecule has 1 aromatic carbocycles. The maximum Gasteiger partial charge on any atom is 0.103 e. The lowest BCUT2D eigenvalue weighted by molar-refractivity contribution is 0.642. The summed E-state index contributed by atoms with van der Waals surface area (Å²) < 4.78 is 2.37. The van der Waals surface area contributed by atoms with E-state index in [1.165, 1.54) is 24.1 Å². The molecule has 0 spiro atoms. The van der Waals surface area contributed by atoms with Crippen LogP contribution in [0, 0.1) is 25.2 Å². The Hall–Kier alpha value is -2.87. The highest BCUT2D eigenvalue weighted by molar-refractivity contribution is 5.96. The van der Waals surface area contributed by atoms with Gasteiger partial charge >= 0.3 is 0 Å². The molecule has 5 rings (SSSR count). The topological polar surface area (TPSA) is 57.7 Å². The standard InChI is InChI=1S/C21H21N5/c1-13-7-14(2)20-17(8-13)21(15(9-22)10-23-20)25-6-5-19-18(11-25)24-12-26(19)16-3-4-16/h7-8,10,12,16H,3-6,11H2,1-2H3. The van der Waals surface area contributed by atoms with Crippen LogP contribution in [0.3, 0.4) is 0 Å². The molecule has 1 fully saturated rings. The zero-order chi connectivity index (χ0) is 17.8. The maximum absolute atomic E-state index is 9.69. The zero-order valence-corrected chi connectivity index (χ0v) is 15.2. The van der Waals surface area contributed by atoms with Crippen LogP contribution in [0.2, 0.25) is 0 Å². The van der Waals surface area contributed by atoms with Gasteiger partial charge in [0.2, 0.25) is 0 Å². The van der Waals surface area contributed by atoms with Crippen molar-refractivity contribution in [3.05, 3.63) is 52.7 Å². The molecule has 130 valence electrons. The van der Waals surface area contributed by atoms with Crippen LogP contribution >= 0.6 is 0 Å². The molecule has 0 N–H and O–H groups in total. The number of hydrogen-bond acceptors (Lipinski definition) is 4. The third-order valence-corrected chi connectivity index (χ3v) is 5.60. The monoisotopic (exact) mass is 343 g/mol. The van der Waals surface area contributed by atoms with Crippen molar-refractivity contribution in [3.8, 4) is 6.07 Å². The number of aryl methyl sites for hydroxylation is 2. The van der Waals surface area contributed by atoms with E-state index in [-0.39, 0.29) is 0 Å². The molecule has 0 bridgehead atoms. The summed E-state index contributed by atoms with van der Waals surface area (Å²) in [6.45, 7) is 5.85. The van der Waals surface area contributed by atoms with E-state index in [1.807, 2.05) is 6.33 Å². The van der Waals surface area contributed by atoms with Gasteiger partial charge in [-0.15, -0.1) is 0 Å². The number of aromatic nitrogens is 3. The minimum absolute atomic E-state index is 0.646. The number of rotatable bonds is 2. The fourth-order valence-corrected chi connectivity index (χ4v) is 4.26. The first-order chi connectivity index (χ1) is 12.7. The van der Waals surface area contributed by atoms with Gasteiger partial charge in [0.1, 0.15) is 6.07 Å². The van der Waals surface area contributed by atoms with Crippen molar-refractivity contribution in [1.82, 2.24) is 14.5 Å².